The number of hydrogen-bond acceptors (Lipinski definition) is 1. The van der Waals surface area contributed by atoms with Crippen LogP contribution in [0.1, 0.15) is 45.4 Å². The molecule has 0 aromatic rings. The lowest BCUT2D eigenvalue weighted by Gasteiger charge is -2.22. The molecule has 1 aliphatic heterocycles. The number of nitrogens with zero attached hydrogens (tertiary/aromatic N) is 1. The molecule has 0 aromatic carbocycles. The molecule has 1 rings (SSSR count). The van der Waals surface area contributed by atoms with Crippen molar-refractivity contribution < 1.29 is 4.79 Å². The van der Waals surface area contributed by atoms with Crippen LogP contribution >= 0.6 is 0 Å². The highest BCUT2D eigenvalue weighted by Gasteiger charge is 2.15. The van der Waals surface area contributed by atoms with Crippen molar-refractivity contribution in [3.8, 4) is 0 Å². The van der Waals surface area contributed by atoms with Crippen LogP contribution in [-0.4, -0.2) is 25.0 Å². The zero-order chi connectivity index (χ0) is 10.2. The van der Waals surface area contributed by atoms with E-state index in [4.69, 9.17) is 0 Å². The molecule has 0 aromatic heterocycles. The first-order valence-electron chi connectivity index (χ1n) is 5.75. The van der Waals surface area contributed by atoms with Crippen molar-refractivity contribution in [2.45, 2.75) is 51.5 Å². The zero-order valence-electron chi connectivity index (χ0n) is 9.09. The van der Waals surface area contributed by atoms with Crippen LogP contribution in [0.3, 0.4) is 0 Å². The van der Waals surface area contributed by atoms with Crippen molar-refractivity contribution in [1.82, 2.24) is 10.6 Å². The highest BCUT2D eigenvalue weighted by Crippen LogP contribution is 2.05. The molecule has 0 atom stereocenters. The van der Waals surface area contributed by atoms with E-state index in [1.165, 1.54) is 6.42 Å². The molecule has 1 heterocycles. The maximum absolute atomic E-state index is 11.4. The summed E-state index contributed by atoms with van der Waals surface area (Å²) in [5.74, 6) is 0.227. The van der Waals surface area contributed by atoms with Crippen LogP contribution in [0.2, 0.25) is 0 Å². The zero-order valence-corrected chi connectivity index (χ0v) is 9.09. The Labute approximate surface area is 86.6 Å². The van der Waals surface area contributed by atoms with Crippen LogP contribution in [-0.2, 0) is 4.79 Å². The molecule has 0 unspecified atom stereocenters. The first-order valence-corrected chi connectivity index (χ1v) is 5.75. The van der Waals surface area contributed by atoms with E-state index in [9.17, 15) is 4.79 Å². The second kappa shape index (κ2) is 6.82. The molecule has 0 aliphatic carbocycles. The number of amides is 1. The monoisotopic (exact) mass is 197 g/mol. The molecule has 14 heavy (non-hydrogen) atoms. The Morgan fingerprint density at radius 2 is 2.07 bits per heavy atom. The van der Waals surface area contributed by atoms with Gasteiger partial charge in [-0.1, -0.05) is 19.8 Å². The van der Waals surface area contributed by atoms with Crippen molar-refractivity contribution in [3.05, 3.63) is 0 Å². The molecule has 0 spiro atoms. The Morgan fingerprint density at radius 1 is 1.36 bits per heavy atom. The second-order valence-electron chi connectivity index (χ2n) is 3.97. The summed E-state index contributed by atoms with van der Waals surface area (Å²) in [5.41, 5.74) is 0. The van der Waals surface area contributed by atoms with E-state index >= 15 is 0 Å². The van der Waals surface area contributed by atoms with E-state index in [-0.39, 0.29) is 5.91 Å². The number of nitrogens with one attached hydrogen (secondary N) is 1. The van der Waals surface area contributed by atoms with Crippen LogP contribution in [0.4, 0.5) is 0 Å². The molecule has 3 heteroatoms. The van der Waals surface area contributed by atoms with Gasteiger partial charge in [0.25, 0.3) is 0 Å². The lowest BCUT2D eigenvalue weighted by Crippen LogP contribution is -2.40. The SMILES string of the molecule is CCCCCC(=O)NC1CC[N]CC1. The maximum atomic E-state index is 11.4. The van der Waals surface area contributed by atoms with Gasteiger partial charge in [-0.25, -0.2) is 5.32 Å². The summed E-state index contributed by atoms with van der Waals surface area (Å²) < 4.78 is 0. The summed E-state index contributed by atoms with van der Waals surface area (Å²) in [7, 11) is 0. The molecule has 81 valence electrons. The van der Waals surface area contributed by atoms with Gasteiger partial charge in [0.2, 0.25) is 5.91 Å². The van der Waals surface area contributed by atoms with Crippen LogP contribution in [0, 0.1) is 0 Å². The van der Waals surface area contributed by atoms with E-state index in [1.807, 2.05) is 0 Å². The quantitative estimate of drug-likeness (QED) is 0.666. The van der Waals surface area contributed by atoms with Crippen molar-refractivity contribution in [1.29, 1.82) is 0 Å². The van der Waals surface area contributed by atoms with Gasteiger partial charge in [0, 0.05) is 25.6 Å². The molecular formula is C11H21N2O. The summed E-state index contributed by atoms with van der Waals surface area (Å²) in [4.78, 5) is 11.4. The lowest BCUT2D eigenvalue weighted by atomic mass is 10.1. The average molecular weight is 197 g/mol. The second-order valence-corrected chi connectivity index (χ2v) is 3.97. The van der Waals surface area contributed by atoms with Gasteiger partial charge in [-0.05, 0) is 19.3 Å². The standard InChI is InChI=1S/C11H21N2O/c1-2-3-4-5-11(14)13-10-6-8-12-9-7-10/h10H,2-9H2,1H3,(H,13,14). The third kappa shape index (κ3) is 4.61. The van der Waals surface area contributed by atoms with E-state index in [1.54, 1.807) is 0 Å². The summed E-state index contributed by atoms with van der Waals surface area (Å²) in [5, 5.41) is 7.34. The average Bonchev–Trinajstić information content (AvgIpc) is 2.20. The van der Waals surface area contributed by atoms with Gasteiger partial charge < -0.3 is 5.32 Å². The van der Waals surface area contributed by atoms with Gasteiger partial charge in [0.1, 0.15) is 0 Å². The Balaban J connectivity index is 2.06. The Hall–Kier alpha value is -0.570. The minimum absolute atomic E-state index is 0.227. The van der Waals surface area contributed by atoms with Crippen molar-refractivity contribution in [3.63, 3.8) is 0 Å². The van der Waals surface area contributed by atoms with Crippen LogP contribution < -0.4 is 10.6 Å². The number of piperidine rings is 1. The molecule has 1 saturated heterocycles. The van der Waals surface area contributed by atoms with Crippen LogP contribution in [0.15, 0.2) is 0 Å². The highest BCUT2D eigenvalue weighted by molar-refractivity contribution is 5.76. The summed E-state index contributed by atoms with van der Waals surface area (Å²) in [6.45, 7) is 3.99. The Bertz CT molecular complexity index is 165. The molecule has 1 radical (unpaired) electrons. The molecular weight excluding hydrogens is 176 g/mol. The number of rotatable bonds is 5. The number of carbonyl (C=O) groups excluding carboxylic acids is 1. The van der Waals surface area contributed by atoms with Crippen LogP contribution in [0.25, 0.3) is 0 Å². The van der Waals surface area contributed by atoms with E-state index < -0.39 is 0 Å². The molecule has 1 aliphatic rings. The highest BCUT2D eigenvalue weighted by atomic mass is 16.1. The van der Waals surface area contributed by atoms with Crippen LogP contribution in [0.5, 0.6) is 0 Å². The van der Waals surface area contributed by atoms with E-state index in [0.717, 1.165) is 38.8 Å². The largest absolute Gasteiger partial charge is 0.353 e. The van der Waals surface area contributed by atoms with Crippen molar-refractivity contribution in [2.75, 3.05) is 13.1 Å². The van der Waals surface area contributed by atoms with Gasteiger partial charge in [-0.2, -0.15) is 0 Å². The van der Waals surface area contributed by atoms with Crippen molar-refractivity contribution >= 4 is 5.91 Å². The fraction of sp³-hybridized carbons (Fsp3) is 0.909. The van der Waals surface area contributed by atoms with E-state index in [0.29, 0.717) is 12.5 Å². The molecule has 1 amide bonds. The summed E-state index contributed by atoms with van der Waals surface area (Å²) in [6.07, 6.45) is 6.11. The molecule has 0 saturated carbocycles. The Kier molecular flexibility index (Phi) is 5.60. The van der Waals surface area contributed by atoms with Crippen molar-refractivity contribution in [2.24, 2.45) is 0 Å². The third-order valence-corrected chi connectivity index (χ3v) is 2.64. The number of carbonyl (C=O) groups is 1. The molecule has 1 fully saturated rings. The normalized spacial score (nSPS) is 18.1. The molecule has 3 nitrogen and oxygen atoms in total. The van der Waals surface area contributed by atoms with Gasteiger partial charge >= 0.3 is 0 Å². The topological polar surface area (TPSA) is 43.2 Å². The minimum Gasteiger partial charge on any atom is -0.353 e. The molecule has 0 bridgehead atoms. The fourth-order valence-corrected chi connectivity index (χ4v) is 1.73. The van der Waals surface area contributed by atoms with Gasteiger partial charge in [0.15, 0.2) is 0 Å². The third-order valence-electron chi connectivity index (χ3n) is 2.64. The van der Waals surface area contributed by atoms with Gasteiger partial charge in [0.05, 0.1) is 0 Å². The fourth-order valence-electron chi connectivity index (χ4n) is 1.73. The predicted octanol–water partition coefficient (Wildman–Crippen LogP) is 1.45. The number of unbranched alkanes of at least 4 members (excludes halogenated alkanes) is 2. The van der Waals surface area contributed by atoms with E-state index in [2.05, 4.69) is 17.6 Å². The first kappa shape index (κ1) is 11.5. The van der Waals surface area contributed by atoms with Gasteiger partial charge in [-0.3, -0.25) is 4.79 Å². The summed E-state index contributed by atoms with van der Waals surface area (Å²) in [6, 6.07) is 0.390. The lowest BCUT2D eigenvalue weighted by molar-refractivity contribution is -0.122. The first-order chi connectivity index (χ1) is 6.83. The maximum Gasteiger partial charge on any atom is 0.220 e. The minimum atomic E-state index is 0.227. The predicted molar refractivity (Wildman–Crippen MR) is 57.2 cm³/mol. The summed E-state index contributed by atoms with van der Waals surface area (Å²) >= 11 is 0. The smallest absolute Gasteiger partial charge is 0.220 e. The molecule has 1 N–H and O–H groups in total. The Morgan fingerprint density at radius 3 is 2.71 bits per heavy atom. The number of hydrogen-bond donors (Lipinski definition) is 1. The van der Waals surface area contributed by atoms with Gasteiger partial charge in [-0.15, -0.1) is 0 Å².